The summed E-state index contributed by atoms with van der Waals surface area (Å²) in [5.74, 6) is -0.345. The van der Waals surface area contributed by atoms with Gasteiger partial charge in [-0.3, -0.25) is 19.6 Å². The molecule has 2 aromatic rings. The minimum absolute atomic E-state index is 0.0166. The van der Waals surface area contributed by atoms with E-state index in [0.29, 0.717) is 5.69 Å². The number of hydrogen-bond donors (Lipinski definition) is 1. The normalized spacial score (nSPS) is 14.0. The van der Waals surface area contributed by atoms with E-state index in [4.69, 9.17) is 4.74 Å². The molecule has 1 saturated carbocycles. The third-order valence-corrected chi connectivity index (χ3v) is 5.12. The standard InChI is InChI=1S/C17H16BrF3N4O4/c1-29-12-7-10(6-11(8-12)25(27)28)22-13(26)4-5-24-15(9-2-3-9)14(18)16(23-24)17(19,20)21/h6-9H,2-5H2,1H3,(H,22,26). The van der Waals surface area contributed by atoms with Crippen molar-refractivity contribution in [3.05, 3.63) is 44.2 Å². The second kappa shape index (κ2) is 8.01. The van der Waals surface area contributed by atoms with Crippen molar-refractivity contribution in [1.82, 2.24) is 9.78 Å². The molecule has 0 atom stereocenters. The number of carbonyl (C=O) groups is 1. The summed E-state index contributed by atoms with van der Waals surface area (Å²) in [5, 5.41) is 17.1. The van der Waals surface area contributed by atoms with Crippen LogP contribution in [0.15, 0.2) is 22.7 Å². The first kappa shape index (κ1) is 21.1. The molecule has 0 spiro atoms. The number of hydrogen-bond acceptors (Lipinski definition) is 5. The average molecular weight is 477 g/mol. The van der Waals surface area contributed by atoms with E-state index < -0.39 is 22.7 Å². The number of nitro benzene ring substituents is 1. The molecule has 29 heavy (non-hydrogen) atoms. The Morgan fingerprint density at radius 1 is 1.41 bits per heavy atom. The van der Waals surface area contributed by atoms with E-state index in [1.807, 2.05) is 0 Å². The maximum atomic E-state index is 13.1. The van der Waals surface area contributed by atoms with Crippen LogP contribution in [0.25, 0.3) is 0 Å². The lowest BCUT2D eigenvalue weighted by Crippen LogP contribution is -2.16. The zero-order valence-corrected chi connectivity index (χ0v) is 16.7. The molecule has 156 valence electrons. The maximum absolute atomic E-state index is 13.1. The summed E-state index contributed by atoms with van der Waals surface area (Å²) in [6, 6.07) is 3.78. The smallest absolute Gasteiger partial charge is 0.436 e. The molecular formula is C17H16BrF3N4O4. The van der Waals surface area contributed by atoms with Gasteiger partial charge in [0.1, 0.15) is 5.75 Å². The van der Waals surface area contributed by atoms with Gasteiger partial charge in [0.05, 0.1) is 40.5 Å². The Morgan fingerprint density at radius 3 is 2.66 bits per heavy atom. The molecule has 1 heterocycles. The first-order valence-electron chi connectivity index (χ1n) is 8.57. The fourth-order valence-corrected chi connectivity index (χ4v) is 3.69. The van der Waals surface area contributed by atoms with Gasteiger partial charge >= 0.3 is 6.18 Å². The largest absolute Gasteiger partial charge is 0.496 e. The summed E-state index contributed by atoms with van der Waals surface area (Å²) < 4.78 is 45.5. The number of aromatic nitrogens is 2. The van der Waals surface area contributed by atoms with E-state index in [1.54, 1.807) is 0 Å². The summed E-state index contributed by atoms with van der Waals surface area (Å²) in [6.45, 7) is -0.0571. The summed E-state index contributed by atoms with van der Waals surface area (Å²) in [5.41, 5.74) is -0.687. The third-order valence-electron chi connectivity index (χ3n) is 4.34. The van der Waals surface area contributed by atoms with Crippen molar-refractivity contribution in [3.8, 4) is 5.75 Å². The van der Waals surface area contributed by atoms with Crippen LogP contribution in [0.1, 0.15) is 36.6 Å². The Morgan fingerprint density at radius 2 is 2.10 bits per heavy atom. The molecule has 1 N–H and O–H groups in total. The van der Waals surface area contributed by atoms with Crippen molar-refractivity contribution in [1.29, 1.82) is 0 Å². The van der Waals surface area contributed by atoms with Gasteiger partial charge in [-0.25, -0.2) is 0 Å². The van der Waals surface area contributed by atoms with Crippen molar-refractivity contribution in [3.63, 3.8) is 0 Å². The van der Waals surface area contributed by atoms with Crippen molar-refractivity contribution in [2.24, 2.45) is 0 Å². The Kier molecular flexibility index (Phi) is 5.82. The van der Waals surface area contributed by atoms with Gasteiger partial charge < -0.3 is 10.1 Å². The second-order valence-corrected chi connectivity index (χ2v) is 7.31. The molecule has 0 unspecified atom stereocenters. The molecule has 1 fully saturated rings. The summed E-state index contributed by atoms with van der Waals surface area (Å²) in [4.78, 5) is 22.6. The molecule has 0 bridgehead atoms. The van der Waals surface area contributed by atoms with E-state index in [1.165, 1.54) is 30.0 Å². The van der Waals surface area contributed by atoms with Crippen LogP contribution >= 0.6 is 15.9 Å². The van der Waals surface area contributed by atoms with Crippen molar-refractivity contribution >= 4 is 33.2 Å². The first-order valence-corrected chi connectivity index (χ1v) is 9.36. The number of benzene rings is 1. The molecule has 0 saturated heterocycles. The molecule has 3 rings (SSSR count). The number of rotatable bonds is 7. The Hall–Kier alpha value is -2.63. The number of alkyl halides is 3. The molecule has 8 nitrogen and oxygen atoms in total. The van der Waals surface area contributed by atoms with E-state index in [0.717, 1.165) is 12.8 Å². The number of amides is 1. The molecule has 1 aliphatic carbocycles. The maximum Gasteiger partial charge on any atom is 0.436 e. The summed E-state index contributed by atoms with van der Waals surface area (Å²) in [6.07, 6.45) is -3.23. The van der Waals surface area contributed by atoms with Crippen molar-refractivity contribution in [2.75, 3.05) is 12.4 Å². The van der Waals surface area contributed by atoms with Crippen LogP contribution in [0.3, 0.4) is 0 Å². The lowest BCUT2D eigenvalue weighted by Gasteiger charge is -2.09. The number of aryl methyl sites for hydroxylation is 1. The topological polar surface area (TPSA) is 99.3 Å². The van der Waals surface area contributed by atoms with Crippen LogP contribution in [0.2, 0.25) is 0 Å². The third kappa shape index (κ3) is 4.86. The average Bonchev–Trinajstić information content (AvgIpc) is 3.41. The van der Waals surface area contributed by atoms with Gasteiger partial charge in [-0.2, -0.15) is 18.3 Å². The first-order chi connectivity index (χ1) is 13.6. The molecule has 12 heteroatoms. The van der Waals surface area contributed by atoms with Gasteiger partial charge in [0.15, 0.2) is 5.69 Å². The number of nitrogens with zero attached hydrogens (tertiary/aromatic N) is 3. The zero-order chi connectivity index (χ0) is 21.3. The Bertz CT molecular complexity index is 957. The highest BCUT2D eigenvalue weighted by atomic mass is 79.9. The minimum Gasteiger partial charge on any atom is -0.496 e. The molecule has 0 radical (unpaired) electrons. The van der Waals surface area contributed by atoms with Crippen LogP contribution < -0.4 is 10.1 Å². The van der Waals surface area contributed by atoms with Crippen molar-refractivity contribution in [2.45, 2.75) is 37.9 Å². The molecule has 1 aromatic carbocycles. The summed E-state index contributed by atoms with van der Waals surface area (Å²) in [7, 11) is 1.33. The van der Waals surface area contributed by atoms with E-state index >= 15 is 0 Å². The van der Waals surface area contributed by atoms with Crippen molar-refractivity contribution < 1.29 is 27.6 Å². The van der Waals surface area contributed by atoms with Gasteiger partial charge in [-0.05, 0) is 28.8 Å². The molecule has 0 aliphatic heterocycles. The monoisotopic (exact) mass is 476 g/mol. The van der Waals surface area contributed by atoms with Gasteiger partial charge in [0.2, 0.25) is 5.91 Å². The Labute approximate surface area is 171 Å². The summed E-state index contributed by atoms with van der Waals surface area (Å²) >= 11 is 3.00. The number of ether oxygens (including phenoxy) is 1. The van der Waals surface area contributed by atoms with E-state index in [9.17, 15) is 28.1 Å². The molecule has 1 amide bonds. The number of anilines is 1. The number of nitro groups is 1. The fourth-order valence-electron chi connectivity index (χ4n) is 2.86. The minimum atomic E-state index is -4.60. The van der Waals surface area contributed by atoms with E-state index in [-0.39, 0.29) is 40.5 Å². The zero-order valence-electron chi connectivity index (χ0n) is 15.1. The second-order valence-electron chi connectivity index (χ2n) is 6.52. The molecule has 1 aromatic heterocycles. The number of nitrogens with one attached hydrogen (secondary N) is 1. The number of carbonyl (C=O) groups excluding carboxylic acids is 1. The van der Waals surface area contributed by atoms with Crippen LogP contribution in [-0.4, -0.2) is 27.7 Å². The highest BCUT2D eigenvalue weighted by molar-refractivity contribution is 9.10. The lowest BCUT2D eigenvalue weighted by atomic mass is 10.2. The van der Waals surface area contributed by atoms with Gasteiger partial charge in [-0.15, -0.1) is 0 Å². The number of halogens is 4. The predicted molar refractivity (Wildman–Crippen MR) is 99.8 cm³/mol. The van der Waals surface area contributed by atoms with Crippen LogP contribution in [0, 0.1) is 10.1 Å². The van der Waals surface area contributed by atoms with Gasteiger partial charge in [-0.1, -0.05) is 0 Å². The predicted octanol–water partition coefficient (Wildman–Crippen LogP) is 4.49. The SMILES string of the molecule is COc1cc(NC(=O)CCn2nc(C(F)(F)F)c(Br)c2C2CC2)cc([N+](=O)[O-])c1. The quantitative estimate of drug-likeness (QED) is 0.468. The Balaban J connectivity index is 1.73. The van der Waals surface area contributed by atoms with Crippen LogP contribution in [0.4, 0.5) is 24.5 Å². The molecular weight excluding hydrogens is 461 g/mol. The van der Waals surface area contributed by atoms with E-state index in [2.05, 4.69) is 26.3 Å². The number of non-ortho nitro benzene ring substituents is 1. The van der Waals surface area contributed by atoms with Crippen LogP contribution in [0.5, 0.6) is 5.75 Å². The fraction of sp³-hybridized carbons (Fsp3) is 0.412. The lowest BCUT2D eigenvalue weighted by molar-refractivity contribution is -0.384. The van der Waals surface area contributed by atoms with Gasteiger partial charge in [0, 0.05) is 24.5 Å². The highest BCUT2D eigenvalue weighted by Crippen LogP contribution is 2.47. The highest BCUT2D eigenvalue weighted by Gasteiger charge is 2.41. The van der Waals surface area contributed by atoms with Gasteiger partial charge in [0.25, 0.3) is 5.69 Å². The molecule has 1 aliphatic rings. The van der Waals surface area contributed by atoms with Crippen LogP contribution in [-0.2, 0) is 17.5 Å². The number of methoxy groups -OCH3 is 1.